The summed E-state index contributed by atoms with van der Waals surface area (Å²) in [7, 11) is 0. The lowest BCUT2D eigenvalue weighted by molar-refractivity contribution is -0.116. The third kappa shape index (κ3) is 3.43. The lowest BCUT2D eigenvalue weighted by Crippen LogP contribution is -2.26. The second-order valence-corrected chi connectivity index (χ2v) is 0.804. The van der Waals surface area contributed by atoms with Crippen molar-refractivity contribution in [3.63, 3.8) is 0 Å². The molecular weight excluding hydrogens is 80.0 g/mol. The lowest BCUT2D eigenvalue weighted by atomic mass is 10.7. The van der Waals surface area contributed by atoms with E-state index in [0.29, 0.717) is 0 Å². The van der Waals surface area contributed by atoms with Gasteiger partial charge in [-0.1, -0.05) is 0 Å². The van der Waals surface area contributed by atoms with Gasteiger partial charge in [-0.15, -0.1) is 0 Å². The van der Waals surface area contributed by atoms with Crippen LogP contribution in [-0.4, -0.2) is 12.6 Å². The Hall–Kier alpha value is -0.570. The van der Waals surface area contributed by atoms with Crippen LogP contribution >= 0.6 is 0 Å². The molecular formula is C3H7N2O. The molecule has 0 saturated heterocycles. The van der Waals surface area contributed by atoms with Crippen molar-refractivity contribution >= 4 is 5.91 Å². The van der Waals surface area contributed by atoms with Gasteiger partial charge in [0.1, 0.15) is 0 Å². The van der Waals surface area contributed by atoms with Gasteiger partial charge in [-0.3, -0.25) is 4.79 Å². The van der Waals surface area contributed by atoms with Crippen LogP contribution in [-0.2, 0) is 4.79 Å². The number of hydrogen-bond donors (Lipinski definition) is 2. The number of carbonyl (C=O) groups is 1. The Labute approximate surface area is 36.5 Å². The summed E-state index contributed by atoms with van der Waals surface area (Å²) in [6.45, 7) is 3.17. The Morgan fingerprint density at radius 3 is 2.50 bits per heavy atom. The summed E-state index contributed by atoms with van der Waals surface area (Å²) in [5, 5.41) is 2.24. The van der Waals surface area contributed by atoms with Gasteiger partial charge in [0.15, 0.2) is 0 Å². The SMILES string of the molecule is [CH2]C(=O)NCN. The van der Waals surface area contributed by atoms with Gasteiger partial charge in [-0.25, -0.2) is 0 Å². The van der Waals surface area contributed by atoms with E-state index in [2.05, 4.69) is 12.2 Å². The third-order valence-electron chi connectivity index (χ3n) is 0.299. The first kappa shape index (κ1) is 5.43. The molecule has 0 atom stereocenters. The maximum Gasteiger partial charge on any atom is 0.221 e. The van der Waals surface area contributed by atoms with E-state index in [-0.39, 0.29) is 12.6 Å². The molecule has 1 radical (unpaired) electrons. The Bertz CT molecular complexity index is 52.8. The number of rotatable bonds is 1. The number of carbonyl (C=O) groups excluding carboxylic acids is 1. The van der Waals surface area contributed by atoms with E-state index in [1.807, 2.05) is 0 Å². The van der Waals surface area contributed by atoms with Crippen LogP contribution in [0.15, 0.2) is 0 Å². The maximum absolute atomic E-state index is 9.74. The number of nitrogens with one attached hydrogen (secondary N) is 1. The van der Waals surface area contributed by atoms with E-state index < -0.39 is 0 Å². The minimum atomic E-state index is -0.336. The third-order valence-corrected chi connectivity index (χ3v) is 0.299. The summed E-state index contributed by atoms with van der Waals surface area (Å²) in [5.74, 6) is -0.336. The van der Waals surface area contributed by atoms with E-state index in [1.54, 1.807) is 0 Å². The largest absolute Gasteiger partial charge is 0.344 e. The van der Waals surface area contributed by atoms with Crippen LogP contribution in [0.1, 0.15) is 0 Å². The second kappa shape index (κ2) is 2.66. The van der Waals surface area contributed by atoms with Crippen LogP contribution in [0.5, 0.6) is 0 Å². The molecule has 0 fully saturated rings. The molecule has 0 heterocycles. The van der Waals surface area contributed by atoms with Crippen molar-refractivity contribution in [3.05, 3.63) is 6.92 Å². The first-order valence-corrected chi connectivity index (χ1v) is 1.57. The zero-order chi connectivity index (χ0) is 4.99. The predicted molar refractivity (Wildman–Crippen MR) is 22.6 cm³/mol. The molecule has 0 aliphatic carbocycles. The topological polar surface area (TPSA) is 55.1 Å². The molecule has 0 rings (SSSR count). The first-order valence-electron chi connectivity index (χ1n) is 1.57. The molecule has 6 heavy (non-hydrogen) atoms. The Morgan fingerprint density at radius 2 is 2.50 bits per heavy atom. The number of nitrogens with two attached hydrogens (primary N) is 1. The molecule has 0 aliphatic heterocycles. The zero-order valence-corrected chi connectivity index (χ0v) is 3.40. The molecule has 0 saturated carbocycles. The summed E-state index contributed by atoms with van der Waals surface area (Å²) >= 11 is 0. The number of hydrogen-bond acceptors (Lipinski definition) is 2. The summed E-state index contributed by atoms with van der Waals surface area (Å²) in [6.07, 6.45) is 0. The van der Waals surface area contributed by atoms with Gasteiger partial charge in [-0.2, -0.15) is 0 Å². The van der Waals surface area contributed by atoms with Crippen LogP contribution in [0.3, 0.4) is 0 Å². The van der Waals surface area contributed by atoms with Gasteiger partial charge in [0.2, 0.25) is 5.91 Å². The average molecular weight is 87.1 g/mol. The van der Waals surface area contributed by atoms with E-state index in [1.165, 1.54) is 0 Å². The van der Waals surface area contributed by atoms with Crippen molar-refractivity contribution in [1.29, 1.82) is 0 Å². The fourth-order valence-corrected chi connectivity index (χ4v) is 0.114. The van der Waals surface area contributed by atoms with Crippen LogP contribution in [0.2, 0.25) is 0 Å². The summed E-state index contributed by atoms with van der Waals surface area (Å²) < 4.78 is 0. The molecule has 3 nitrogen and oxygen atoms in total. The van der Waals surface area contributed by atoms with Crippen molar-refractivity contribution in [1.82, 2.24) is 5.32 Å². The molecule has 0 unspecified atom stereocenters. The van der Waals surface area contributed by atoms with Gasteiger partial charge in [-0.05, 0) is 0 Å². The lowest BCUT2D eigenvalue weighted by Gasteiger charge is -1.89. The Kier molecular flexibility index (Phi) is 2.40. The van der Waals surface area contributed by atoms with E-state index in [0.717, 1.165) is 0 Å². The molecule has 3 heteroatoms. The molecule has 0 aliphatic rings. The van der Waals surface area contributed by atoms with Crippen LogP contribution in [0.25, 0.3) is 0 Å². The highest BCUT2D eigenvalue weighted by Crippen LogP contribution is 1.47. The zero-order valence-electron chi connectivity index (χ0n) is 3.40. The smallest absolute Gasteiger partial charge is 0.221 e. The normalized spacial score (nSPS) is 7.67. The maximum atomic E-state index is 9.74. The second-order valence-electron chi connectivity index (χ2n) is 0.804. The fourth-order valence-electron chi connectivity index (χ4n) is 0.114. The van der Waals surface area contributed by atoms with Crippen molar-refractivity contribution in [2.75, 3.05) is 6.67 Å². The summed E-state index contributed by atoms with van der Waals surface area (Å²) in [4.78, 5) is 9.74. The van der Waals surface area contributed by atoms with Crippen LogP contribution < -0.4 is 11.1 Å². The van der Waals surface area contributed by atoms with Crippen molar-refractivity contribution < 1.29 is 4.79 Å². The monoisotopic (exact) mass is 87.1 g/mol. The van der Waals surface area contributed by atoms with E-state index in [9.17, 15) is 4.79 Å². The van der Waals surface area contributed by atoms with Crippen molar-refractivity contribution in [2.24, 2.45) is 5.73 Å². The fraction of sp³-hybridized carbons (Fsp3) is 0.333. The minimum Gasteiger partial charge on any atom is -0.344 e. The van der Waals surface area contributed by atoms with Gasteiger partial charge in [0.05, 0.1) is 6.67 Å². The quantitative estimate of drug-likeness (QED) is 0.397. The first-order chi connectivity index (χ1) is 2.77. The van der Waals surface area contributed by atoms with Gasteiger partial charge in [0.25, 0.3) is 0 Å². The van der Waals surface area contributed by atoms with Crippen molar-refractivity contribution in [3.8, 4) is 0 Å². The molecule has 1 amide bonds. The van der Waals surface area contributed by atoms with Gasteiger partial charge < -0.3 is 11.1 Å². The molecule has 0 spiro atoms. The molecule has 0 aromatic carbocycles. The predicted octanol–water partition coefficient (Wildman–Crippen LogP) is -1.15. The molecule has 0 aromatic heterocycles. The minimum absolute atomic E-state index is 0.169. The Morgan fingerprint density at radius 1 is 2.00 bits per heavy atom. The summed E-state index contributed by atoms with van der Waals surface area (Å²) in [5.41, 5.74) is 4.86. The highest BCUT2D eigenvalue weighted by atomic mass is 16.1. The van der Waals surface area contributed by atoms with E-state index >= 15 is 0 Å². The Balaban J connectivity index is 2.83. The van der Waals surface area contributed by atoms with E-state index in [4.69, 9.17) is 5.73 Å². The van der Waals surface area contributed by atoms with Gasteiger partial charge in [0, 0.05) is 6.92 Å². The van der Waals surface area contributed by atoms with Crippen LogP contribution in [0, 0.1) is 6.92 Å². The molecule has 0 aromatic rings. The highest BCUT2D eigenvalue weighted by molar-refractivity contribution is 5.79. The standard InChI is InChI=1S/C3H7N2O/c1-3(6)5-2-4/h1-2,4H2,(H,5,6). The molecule has 0 bridgehead atoms. The van der Waals surface area contributed by atoms with Crippen molar-refractivity contribution in [2.45, 2.75) is 0 Å². The van der Waals surface area contributed by atoms with Crippen LogP contribution in [0.4, 0.5) is 0 Å². The highest BCUT2D eigenvalue weighted by Gasteiger charge is 1.79. The molecule has 3 N–H and O–H groups in total. The molecule has 35 valence electrons. The number of amides is 1. The summed E-state index contributed by atoms with van der Waals surface area (Å²) in [6, 6.07) is 0. The van der Waals surface area contributed by atoms with Gasteiger partial charge >= 0.3 is 0 Å². The average Bonchev–Trinajstić information content (AvgIpc) is 1.35.